The van der Waals surface area contributed by atoms with E-state index in [-0.39, 0.29) is 36.3 Å². The fourth-order valence-corrected chi connectivity index (χ4v) is 5.82. The average Bonchev–Trinajstić information content (AvgIpc) is 2.80. The predicted molar refractivity (Wildman–Crippen MR) is 126 cm³/mol. The number of nitrogens with two attached hydrogens (primary N) is 1. The van der Waals surface area contributed by atoms with E-state index >= 15 is 0 Å². The summed E-state index contributed by atoms with van der Waals surface area (Å²) in [6.07, 6.45) is 0.194. The molecule has 5 atom stereocenters. The van der Waals surface area contributed by atoms with Gasteiger partial charge in [-0.3, -0.25) is 19.3 Å². The van der Waals surface area contributed by atoms with Crippen LogP contribution in [0.4, 0.5) is 4.39 Å². The first-order valence-electron chi connectivity index (χ1n) is 11.6. The SMILES string of the molecule is CC(CF)NCc1ccc(O)c2c1C[C@@H]1C[C@@H]3C(N(C)C)C(O)=C(C(N)=O)C(=O)[C@]3(O)C(O)=C1C2=O. The normalized spacial score (nSPS) is 28.7. The van der Waals surface area contributed by atoms with Crippen LogP contribution in [0.5, 0.6) is 5.75 Å². The molecule has 3 aliphatic rings. The number of aromatic hydroxyl groups is 1. The van der Waals surface area contributed by atoms with Crippen molar-refractivity contribution < 1.29 is 39.2 Å². The molecule has 3 aliphatic carbocycles. The Morgan fingerprint density at radius 3 is 2.53 bits per heavy atom. The number of hydrogen-bond acceptors (Lipinski definition) is 9. The standard InChI is InChI=1S/C25H30FN3O7/c1-10(8-26)28-9-11-4-5-15(30)17-13(11)6-12-7-14-19(29(2)3)21(32)18(24(27)35)23(34)25(14,36)22(33)16(12)20(17)31/h4-5,10,12,14,19,28,30,32-33,36H,6-9H2,1-3H3,(H2,27,35)/t10?,12-,14-,19?,25-/m1/s1. The number of carbonyl (C=O) groups is 3. The zero-order valence-electron chi connectivity index (χ0n) is 20.2. The first-order valence-corrected chi connectivity index (χ1v) is 11.6. The Morgan fingerprint density at radius 1 is 1.28 bits per heavy atom. The molecule has 194 valence electrons. The van der Waals surface area contributed by atoms with Gasteiger partial charge in [0.15, 0.2) is 11.4 Å². The first kappa shape index (κ1) is 25.8. The van der Waals surface area contributed by atoms with Crippen molar-refractivity contribution in [1.82, 2.24) is 10.2 Å². The summed E-state index contributed by atoms with van der Waals surface area (Å²) in [5, 5.41) is 47.2. The van der Waals surface area contributed by atoms with Crippen molar-refractivity contribution >= 4 is 17.5 Å². The van der Waals surface area contributed by atoms with Gasteiger partial charge in [0.1, 0.15) is 29.5 Å². The van der Waals surface area contributed by atoms with Crippen LogP contribution >= 0.6 is 0 Å². The second kappa shape index (κ2) is 8.99. The van der Waals surface area contributed by atoms with Crippen molar-refractivity contribution in [1.29, 1.82) is 0 Å². The lowest BCUT2D eigenvalue weighted by Gasteiger charge is -2.50. The molecule has 0 radical (unpaired) electrons. The quantitative estimate of drug-likeness (QED) is 0.303. The lowest BCUT2D eigenvalue weighted by atomic mass is 9.58. The summed E-state index contributed by atoms with van der Waals surface area (Å²) in [7, 11) is 3.14. The molecule has 10 nitrogen and oxygen atoms in total. The third-order valence-corrected chi connectivity index (χ3v) is 7.58. The third-order valence-electron chi connectivity index (χ3n) is 7.58. The number of nitrogens with one attached hydrogen (secondary N) is 1. The molecule has 0 aromatic heterocycles. The van der Waals surface area contributed by atoms with E-state index in [9.17, 15) is 39.2 Å². The van der Waals surface area contributed by atoms with E-state index in [0.717, 1.165) is 0 Å². The number of likely N-dealkylation sites (N-methyl/N-ethyl adjacent to an activating group) is 1. The molecule has 0 saturated heterocycles. The van der Waals surface area contributed by atoms with E-state index in [1.165, 1.54) is 11.0 Å². The van der Waals surface area contributed by atoms with E-state index in [2.05, 4.69) is 5.32 Å². The van der Waals surface area contributed by atoms with Crippen LogP contribution in [0, 0.1) is 11.8 Å². The van der Waals surface area contributed by atoms with Crippen LogP contribution < -0.4 is 11.1 Å². The molecule has 1 aromatic rings. The molecule has 11 heteroatoms. The number of nitrogens with zero attached hydrogens (tertiary/aromatic N) is 1. The number of ketones is 2. The van der Waals surface area contributed by atoms with Crippen molar-refractivity contribution in [2.75, 3.05) is 20.8 Å². The van der Waals surface area contributed by atoms with Crippen molar-refractivity contribution in [3.8, 4) is 5.75 Å². The summed E-state index contributed by atoms with van der Waals surface area (Å²) in [4.78, 5) is 40.4. The van der Waals surface area contributed by atoms with Crippen LogP contribution in [-0.2, 0) is 22.6 Å². The highest BCUT2D eigenvalue weighted by molar-refractivity contribution is 6.24. The number of rotatable bonds is 6. The molecule has 0 heterocycles. The molecule has 1 amide bonds. The van der Waals surface area contributed by atoms with Gasteiger partial charge >= 0.3 is 0 Å². The van der Waals surface area contributed by atoms with Crippen LogP contribution in [0.2, 0.25) is 0 Å². The zero-order valence-corrected chi connectivity index (χ0v) is 20.2. The number of benzene rings is 1. The maximum Gasteiger partial charge on any atom is 0.255 e. The van der Waals surface area contributed by atoms with Gasteiger partial charge in [0.2, 0.25) is 5.78 Å². The molecule has 4 rings (SSSR count). The fourth-order valence-electron chi connectivity index (χ4n) is 5.82. The Labute approximate surface area is 206 Å². The maximum atomic E-state index is 13.6. The number of fused-ring (bicyclic) bond motifs is 3. The van der Waals surface area contributed by atoms with Gasteiger partial charge < -0.3 is 31.5 Å². The molecule has 1 aromatic carbocycles. The minimum Gasteiger partial charge on any atom is -0.510 e. The van der Waals surface area contributed by atoms with Crippen LogP contribution in [0.3, 0.4) is 0 Å². The number of primary amides is 1. The second-order valence-corrected chi connectivity index (χ2v) is 10.00. The number of amides is 1. The van der Waals surface area contributed by atoms with E-state index in [4.69, 9.17) is 5.73 Å². The predicted octanol–water partition coefficient (Wildman–Crippen LogP) is 0.568. The van der Waals surface area contributed by atoms with Gasteiger partial charge in [-0.1, -0.05) is 6.07 Å². The summed E-state index contributed by atoms with van der Waals surface area (Å²) >= 11 is 0. The van der Waals surface area contributed by atoms with Crippen LogP contribution in [0.15, 0.2) is 34.8 Å². The molecule has 0 bridgehead atoms. The van der Waals surface area contributed by atoms with Gasteiger partial charge in [-0.15, -0.1) is 0 Å². The van der Waals surface area contributed by atoms with Crippen molar-refractivity contribution in [2.24, 2.45) is 17.6 Å². The molecule has 0 aliphatic heterocycles. The van der Waals surface area contributed by atoms with E-state index in [1.807, 2.05) is 0 Å². The van der Waals surface area contributed by atoms with E-state index in [1.54, 1.807) is 27.1 Å². The number of allylic oxidation sites excluding steroid dienone is 1. The molecule has 0 saturated carbocycles. The topological polar surface area (TPSA) is 173 Å². The number of phenolic OH excluding ortho intramolecular Hbond substituents is 1. The Kier molecular flexibility index (Phi) is 6.44. The van der Waals surface area contributed by atoms with Crippen LogP contribution in [-0.4, -0.2) is 81.3 Å². The maximum absolute atomic E-state index is 13.6. The summed E-state index contributed by atoms with van der Waals surface area (Å²) in [5.74, 6) is -6.90. The molecule has 36 heavy (non-hydrogen) atoms. The van der Waals surface area contributed by atoms with Gasteiger partial charge in [0.25, 0.3) is 5.91 Å². The number of hydrogen-bond donors (Lipinski definition) is 6. The Morgan fingerprint density at radius 2 is 1.94 bits per heavy atom. The van der Waals surface area contributed by atoms with Gasteiger partial charge in [0.05, 0.1) is 11.6 Å². The number of Topliss-reactive ketones (excluding diaryl/α,β-unsaturated/α-hetero) is 2. The van der Waals surface area contributed by atoms with Crippen molar-refractivity contribution in [3.05, 3.63) is 51.5 Å². The molecular formula is C25H30FN3O7. The fraction of sp³-hybridized carbons (Fsp3) is 0.480. The number of phenols is 1. The number of aliphatic hydroxyl groups excluding tert-OH is 2. The smallest absolute Gasteiger partial charge is 0.255 e. The number of carbonyl (C=O) groups excluding carboxylic acids is 3. The van der Waals surface area contributed by atoms with Crippen LogP contribution in [0.25, 0.3) is 0 Å². The third kappa shape index (κ3) is 3.61. The van der Waals surface area contributed by atoms with Gasteiger partial charge in [0, 0.05) is 24.1 Å². The summed E-state index contributed by atoms with van der Waals surface area (Å²) in [6.45, 7) is 1.31. The van der Waals surface area contributed by atoms with Crippen molar-refractivity contribution in [3.63, 3.8) is 0 Å². The summed E-state index contributed by atoms with van der Waals surface area (Å²) in [5.41, 5.74) is 2.71. The second-order valence-electron chi connectivity index (χ2n) is 10.00. The largest absolute Gasteiger partial charge is 0.510 e. The van der Waals surface area contributed by atoms with Crippen LogP contribution in [0.1, 0.15) is 34.8 Å². The van der Waals surface area contributed by atoms with Gasteiger partial charge in [-0.25, -0.2) is 4.39 Å². The highest BCUT2D eigenvalue weighted by Crippen LogP contribution is 2.52. The van der Waals surface area contributed by atoms with E-state index < -0.39 is 70.8 Å². The summed E-state index contributed by atoms with van der Waals surface area (Å²) in [6, 6.07) is 1.48. The molecule has 7 N–H and O–H groups in total. The Bertz CT molecular complexity index is 1220. The highest BCUT2D eigenvalue weighted by Gasteiger charge is 2.63. The first-order chi connectivity index (χ1) is 16.9. The lowest BCUT2D eigenvalue weighted by molar-refractivity contribution is -0.148. The average molecular weight is 504 g/mol. The molecule has 0 fully saturated rings. The highest BCUT2D eigenvalue weighted by atomic mass is 19.1. The molecule has 2 unspecified atom stereocenters. The van der Waals surface area contributed by atoms with E-state index in [0.29, 0.717) is 11.1 Å². The molecule has 0 spiro atoms. The Balaban J connectivity index is 1.88. The monoisotopic (exact) mass is 503 g/mol. The zero-order chi connectivity index (χ0) is 26.7. The number of halogens is 1. The van der Waals surface area contributed by atoms with Crippen molar-refractivity contribution in [2.45, 2.75) is 44.0 Å². The van der Waals surface area contributed by atoms with Gasteiger partial charge in [-0.05, 0) is 57.0 Å². The lowest BCUT2D eigenvalue weighted by Crippen LogP contribution is -2.63. The molecular weight excluding hydrogens is 473 g/mol. The minimum absolute atomic E-state index is 0.00910. The summed E-state index contributed by atoms with van der Waals surface area (Å²) < 4.78 is 13.0. The minimum atomic E-state index is -2.67. The number of alkyl halides is 1. The van der Waals surface area contributed by atoms with Gasteiger partial charge in [-0.2, -0.15) is 0 Å². The Hall–Kier alpha value is -3.28. The number of aliphatic hydroxyl groups is 3.